The van der Waals surface area contributed by atoms with Crippen molar-refractivity contribution in [1.82, 2.24) is 20.2 Å². The second kappa shape index (κ2) is 7.67. The first-order chi connectivity index (χ1) is 13.1. The molecule has 1 unspecified atom stereocenters. The first kappa shape index (κ1) is 18.0. The Morgan fingerprint density at radius 1 is 1.11 bits per heavy atom. The highest BCUT2D eigenvalue weighted by Gasteiger charge is 2.32. The molecule has 0 spiro atoms. The van der Waals surface area contributed by atoms with Gasteiger partial charge in [-0.3, -0.25) is 9.59 Å². The zero-order valence-electron chi connectivity index (χ0n) is 15.7. The van der Waals surface area contributed by atoms with Crippen LogP contribution >= 0.6 is 0 Å². The van der Waals surface area contributed by atoms with E-state index in [2.05, 4.69) is 20.1 Å². The number of nitrogens with one attached hydrogen (secondary N) is 1. The number of piperazine rings is 1. The first-order valence-corrected chi connectivity index (χ1v) is 9.61. The Balaban J connectivity index is 1.39. The molecule has 0 aromatic carbocycles. The van der Waals surface area contributed by atoms with E-state index in [4.69, 9.17) is 9.72 Å². The molecular formula is C18H26N6O3. The van der Waals surface area contributed by atoms with Gasteiger partial charge in [0.05, 0.1) is 13.2 Å². The third kappa shape index (κ3) is 3.97. The van der Waals surface area contributed by atoms with Crippen LogP contribution in [0.1, 0.15) is 18.5 Å². The van der Waals surface area contributed by atoms with E-state index in [1.807, 2.05) is 17.9 Å². The zero-order chi connectivity index (χ0) is 18.8. The van der Waals surface area contributed by atoms with Crippen LogP contribution in [0.15, 0.2) is 6.07 Å². The number of rotatable bonds is 3. The molecule has 2 amide bonds. The van der Waals surface area contributed by atoms with Crippen molar-refractivity contribution in [1.29, 1.82) is 0 Å². The number of carbonyl (C=O) groups excluding carboxylic acids is 2. The van der Waals surface area contributed by atoms with Crippen LogP contribution in [0.3, 0.4) is 0 Å². The Bertz CT molecular complexity index is 713. The molecule has 1 aromatic rings. The van der Waals surface area contributed by atoms with Crippen LogP contribution in [-0.4, -0.2) is 85.2 Å². The number of carbonyl (C=O) groups is 2. The minimum atomic E-state index is -0.349. The fraction of sp³-hybridized carbons (Fsp3) is 0.667. The lowest BCUT2D eigenvalue weighted by Crippen LogP contribution is -2.53. The molecule has 9 nitrogen and oxygen atoms in total. The maximum absolute atomic E-state index is 12.6. The molecule has 3 aliphatic heterocycles. The highest BCUT2D eigenvalue weighted by Crippen LogP contribution is 2.20. The summed E-state index contributed by atoms with van der Waals surface area (Å²) in [6.45, 7) is 7.73. The normalized spacial score (nSPS) is 23.5. The van der Waals surface area contributed by atoms with E-state index in [1.54, 1.807) is 0 Å². The van der Waals surface area contributed by atoms with Gasteiger partial charge >= 0.3 is 0 Å². The van der Waals surface area contributed by atoms with E-state index in [0.717, 1.165) is 43.6 Å². The smallest absolute Gasteiger partial charge is 0.245 e. The fourth-order valence-electron chi connectivity index (χ4n) is 3.78. The van der Waals surface area contributed by atoms with Gasteiger partial charge in [0.25, 0.3) is 0 Å². The SMILES string of the molecule is Cc1cc(N2CCN(C(=O)C3CCC(=O)N3)CC2)nc(N2CCOCC2)n1. The van der Waals surface area contributed by atoms with E-state index in [-0.39, 0.29) is 17.9 Å². The summed E-state index contributed by atoms with van der Waals surface area (Å²) < 4.78 is 5.41. The minimum absolute atomic E-state index is 0.0286. The van der Waals surface area contributed by atoms with E-state index in [9.17, 15) is 9.59 Å². The minimum Gasteiger partial charge on any atom is -0.378 e. The predicted molar refractivity (Wildman–Crippen MR) is 99.8 cm³/mol. The third-order valence-corrected chi connectivity index (χ3v) is 5.33. The van der Waals surface area contributed by atoms with E-state index < -0.39 is 0 Å². The van der Waals surface area contributed by atoms with Crippen molar-refractivity contribution in [2.75, 3.05) is 62.3 Å². The molecule has 4 rings (SSSR count). The molecule has 1 N–H and O–H groups in total. The van der Waals surface area contributed by atoms with Crippen LogP contribution < -0.4 is 15.1 Å². The van der Waals surface area contributed by atoms with Crippen molar-refractivity contribution in [2.24, 2.45) is 0 Å². The molecule has 146 valence electrons. The van der Waals surface area contributed by atoms with E-state index in [0.29, 0.717) is 39.1 Å². The van der Waals surface area contributed by atoms with E-state index in [1.165, 1.54) is 0 Å². The van der Waals surface area contributed by atoms with E-state index >= 15 is 0 Å². The second-order valence-electron chi connectivity index (χ2n) is 7.24. The van der Waals surface area contributed by atoms with Crippen LogP contribution in [0.2, 0.25) is 0 Å². The summed E-state index contributed by atoms with van der Waals surface area (Å²) in [7, 11) is 0. The Morgan fingerprint density at radius 3 is 2.52 bits per heavy atom. The van der Waals surface area contributed by atoms with Gasteiger partial charge in [-0.1, -0.05) is 0 Å². The standard InChI is InChI=1S/C18H26N6O3/c1-13-12-15(21-18(19-13)24-8-10-27-11-9-24)22-4-6-23(7-5-22)17(26)14-2-3-16(25)20-14/h12,14H,2-11H2,1H3,(H,20,25). The molecule has 1 aromatic heterocycles. The Labute approximate surface area is 158 Å². The van der Waals surface area contributed by atoms with Gasteiger partial charge in [-0.15, -0.1) is 0 Å². The van der Waals surface area contributed by atoms with Crippen molar-refractivity contribution in [3.05, 3.63) is 11.8 Å². The molecule has 9 heteroatoms. The number of morpholine rings is 1. The van der Waals surface area contributed by atoms with Crippen molar-refractivity contribution in [3.63, 3.8) is 0 Å². The summed E-state index contributed by atoms with van der Waals surface area (Å²) in [5.74, 6) is 1.66. The lowest BCUT2D eigenvalue weighted by molar-refractivity contribution is -0.134. The lowest BCUT2D eigenvalue weighted by Gasteiger charge is -2.37. The number of ether oxygens (including phenoxy) is 1. The van der Waals surface area contributed by atoms with Gasteiger partial charge in [0, 0.05) is 57.4 Å². The third-order valence-electron chi connectivity index (χ3n) is 5.33. The molecule has 0 radical (unpaired) electrons. The maximum atomic E-state index is 12.6. The molecule has 27 heavy (non-hydrogen) atoms. The number of aryl methyl sites for hydroxylation is 1. The summed E-state index contributed by atoms with van der Waals surface area (Å²) in [6.07, 6.45) is 1.05. The lowest BCUT2D eigenvalue weighted by atomic mass is 10.2. The number of nitrogens with zero attached hydrogens (tertiary/aromatic N) is 5. The van der Waals surface area contributed by atoms with Gasteiger partial charge in [0.1, 0.15) is 11.9 Å². The summed E-state index contributed by atoms with van der Waals surface area (Å²) in [5.41, 5.74) is 0.939. The maximum Gasteiger partial charge on any atom is 0.245 e. The summed E-state index contributed by atoms with van der Waals surface area (Å²) in [5, 5.41) is 2.77. The van der Waals surface area contributed by atoms with Gasteiger partial charge in [0.2, 0.25) is 17.8 Å². The molecule has 0 saturated carbocycles. The molecule has 1 atom stereocenters. The number of anilines is 2. The van der Waals surface area contributed by atoms with Crippen molar-refractivity contribution in [3.8, 4) is 0 Å². The van der Waals surface area contributed by atoms with Crippen LogP contribution in [0.4, 0.5) is 11.8 Å². The number of hydrogen-bond acceptors (Lipinski definition) is 7. The van der Waals surface area contributed by atoms with Gasteiger partial charge in [0.15, 0.2) is 0 Å². The fourth-order valence-corrected chi connectivity index (χ4v) is 3.78. The average Bonchev–Trinajstić information content (AvgIpc) is 3.14. The van der Waals surface area contributed by atoms with Crippen molar-refractivity contribution < 1.29 is 14.3 Å². The first-order valence-electron chi connectivity index (χ1n) is 9.61. The van der Waals surface area contributed by atoms with Crippen LogP contribution in [-0.2, 0) is 14.3 Å². The molecule has 3 aliphatic rings. The average molecular weight is 374 g/mol. The summed E-state index contributed by atoms with van der Waals surface area (Å²) in [4.78, 5) is 39.5. The van der Waals surface area contributed by atoms with Gasteiger partial charge < -0.3 is 24.8 Å². The Morgan fingerprint density at radius 2 is 1.85 bits per heavy atom. The van der Waals surface area contributed by atoms with Crippen LogP contribution in [0, 0.1) is 6.92 Å². The quantitative estimate of drug-likeness (QED) is 0.766. The topological polar surface area (TPSA) is 90.9 Å². The number of aromatic nitrogens is 2. The zero-order valence-corrected chi connectivity index (χ0v) is 15.7. The Kier molecular flexibility index (Phi) is 5.11. The van der Waals surface area contributed by atoms with Gasteiger partial charge in [-0.2, -0.15) is 4.98 Å². The largest absolute Gasteiger partial charge is 0.378 e. The molecule has 0 bridgehead atoms. The summed E-state index contributed by atoms with van der Waals surface area (Å²) in [6, 6.07) is 1.65. The molecule has 0 aliphatic carbocycles. The Hall–Kier alpha value is -2.42. The molecular weight excluding hydrogens is 348 g/mol. The van der Waals surface area contributed by atoms with Gasteiger partial charge in [-0.05, 0) is 13.3 Å². The molecule has 3 saturated heterocycles. The summed E-state index contributed by atoms with van der Waals surface area (Å²) >= 11 is 0. The molecule has 3 fully saturated rings. The predicted octanol–water partition coefficient (Wildman–Crippen LogP) is -0.451. The number of hydrogen-bond donors (Lipinski definition) is 1. The van der Waals surface area contributed by atoms with Crippen molar-refractivity contribution in [2.45, 2.75) is 25.8 Å². The highest BCUT2D eigenvalue weighted by atomic mass is 16.5. The monoisotopic (exact) mass is 374 g/mol. The number of amides is 2. The van der Waals surface area contributed by atoms with Crippen LogP contribution in [0.5, 0.6) is 0 Å². The second-order valence-corrected chi connectivity index (χ2v) is 7.24. The van der Waals surface area contributed by atoms with Crippen molar-refractivity contribution >= 4 is 23.6 Å². The highest BCUT2D eigenvalue weighted by molar-refractivity contribution is 5.90. The molecule has 4 heterocycles. The van der Waals surface area contributed by atoms with Gasteiger partial charge in [-0.25, -0.2) is 4.98 Å². The van der Waals surface area contributed by atoms with Crippen LogP contribution in [0.25, 0.3) is 0 Å².